The Bertz CT molecular complexity index is 964. The van der Waals surface area contributed by atoms with Crippen LogP contribution in [0.5, 0.6) is 0 Å². The Morgan fingerprint density at radius 1 is 1.03 bits per heavy atom. The van der Waals surface area contributed by atoms with Crippen LogP contribution in [0.3, 0.4) is 0 Å². The van der Waals surface area contributed by atoms with Gasteiger partial charge < -0.3 is 20.3 Å². The van der Waals surface area contributed by atoms with Crippen LogP contribution in [-0.2, 0) is 9.53 Å². The monoisotopic (exact) mass is 393 g/mol. The molecule has 1 fully saturated rings. The second-order valence-electron chi connectivity index (χ2n) is 7.20. The van der Waals surface area contributed by atoms with Gasteiger partial charge in [0.25, 0.3) is 11.8 Å². The predicted molar refractivity (Wildman–Crippen MR) is 109 cm³/mol. The fourth-order valence-corrected chi connectivity index (χ4v) is 3.78. The summed E-state index contributed by atoms with van der Waals surface area (Å²) >= 11 is 0. The number of carbonyl (C=O) groups is 3. The number of amides is 2. The summed E-state index contributed by atoms with van der Waals surface area (Å²) in [6, 6.07) is 12.5. The molecule has 7 nitrogen and oxygen atoms in total. The van der Waals surface area contributed by atoms with Crippen LogP contribution < -0.4 is 10.6 Å². The lowest BCUT2D eigenvalue weighted by Gasteiger charge is -2.31. The molecule has 2 aromatic carbocycles. The minimum atomic E-state index is -0.216. The van der Waals surface area contributed by atoms with E-state index in [-0.39, 0.29) is 23.7 Å². The van der Waals surface area contributed by atoms with E-state index in [2.05, 4.69) is 10.6 Å². The van der Waals surface area contributed by atoms with Crippen molar-refractivity contribution in [2.24, 2.45) is 5.92 Å². The number of esters is 1. The number of nitrogens with one attached hydrogen (secondary N) is 2. The first-order valence-electron chi connectivity index (χ1n) is 9.84. The minimum absolute atomic E-state index is 0.105. The molecule has 0 aromatic heterocycles. The van der Waals surface area contributed by atoms with Crippen LogP contribution in [0.4, 0.5) is 17.1 Å². The number of likely N-dealkylation sites (tertiary alicyclic amines) is 1. The Kier molecular flexibility index (Phi) is 5.20. The smallest absolute Gasteiger partial charge is 0.309 e. The standard InChI is InChI=1S/C22H23N3O4/c1-2-29-22(28)14-9-11-25(12-10-14)21(27)15-7-8-18-19(13-15)24-20(26)16-5-3-4-6-17(16)23-18/h3-8,13-14,23H,2,9-12H2,1H3,(H,24,26). The first kappa shape index (κ1) is 19.0. The summed E-state index contributed by atoms with van der Waals surface area (Å²) in [5.74, 6) is -0.649. The fraction of sp³-hybridized carbons (Fsp3) is 0.318. The van der Waals surface area contributed by atoms with Gasteiger partial charge in [0, 0.05) is 18.7 Å². The fourth-order valence-electron chi connectivity index (χ4n) is 3.78. The molecule has 0 atom stereocenters. The molecule has 2 aliphatic rings. The molecule has 0 spiro atoms. The number of benzene rings is 2. The summed E-state index contributed by atoms with van der Waals surface area (Å²) in [6.07, 6.45) is 1.20. The molecular weight excluding hydrogens is 370 g/mol. The normalized spacial score (nSPS) is 16.0. The van der Waals surface area contributed by atoms with Crippen LogP contribution in [-0.4, -0.2) is 42.4 Å². The molecule has 29 heavy (non-hydrogen) atoms. The average molecular weight is 393 g/mol. The minimum Gasteiger partial charge on any atom is -0.466 e. The second kappa shape index (κ2) is 7.95. The van der Waals surface area contributed by atoms with Gasteiger partial charge in [-0.25, -0.2) is 0 Å². The number of nitrogens with zero attached hydrogens (tertiary/aromatic N) is 1. The molecule has 0 bridgehead atoms. The van der Waals surface area contributed by atoms with Gasteiger partial charge in [0.2, 0.25) is 0 Å². The number of hydrogen-bond donors (Lipinski definition) is 2. The molecule has 0 unspecified atom stereocenters. The van der Waals surface area contributed by atoms with Crippen LogP contribution in [0.1, 0.15) is 40.5 Å². The lowest BCUT2D eigenvalue weighted by atomic mass is 9.96. The molecule has 0 saturated carbocycles. The molecule has 150 valence electrons. The van der Waals surface area contributed by atoms with E-state index in [0.717, 1.165) is 11.4 Å². The molecule has 7 heteroatoms. The van der Waals surface area contributed by atoms with E-state index in [1.807, 2.05) is 18.2 Å². The van der Waals surface area contributed by atoms with Crippen LogP contribution in [0.25, 0.3) is 0 Å². The Balaban J connectivity index is 1.49. The van der Waals surface area contributed by atoms with Crippen LogP contribution in [0, 0.1) is 5.92 Å². The van der Waals surface area contributed by atoms with Crippen molar-refractivity contribution in [2.45, 2.75) is 19.8 Å². The maximum atomic E-state index is 13.0. The molecule has 2 heterocycles. The molecule has 2 aliphatic heterocycles. The molecule has 2 amide bonds. The first-order valence-corrected chi connectivity index (χ1v) is 9.84. The lowest BCUT2D eigenvalue weighted by Crippen LogP contribution is -2.40. The van der Waals surface area contributed by atoms with Crippen molar-refractivity contribution >= 4 is 34.8 Å². The summed E-state index contributed by atoms with van der Waals surface area (Å²) in [7, 11) is 0. The Labute approximate surface area is 169 Å². The van der Waals surface area contributed by atoms with Gasteiger partial charge in [-0.3, -0.25) is 14.4 Å². The van der Waals surface area contributed by atoms with E-state index >= 15 is 0 Å². The Morgan fingerprint density at radius 2 is 1.79 bits per heavy atom. The third kappa shape index (κ3) is 3.81. The number of anilines is 3. The van der Waals surface area contributed by atoms with Crippen molar-refractivity contribution in [3.63, 3.8) is 0 Å². The van der Waals surface area contributed by atoms with Crippen molar-refractivity contribution < 1.29 is 19.1 Å². The summed E-state index contributed by atoms with van der Waals surface area (Å²) in [6.45, 7) is 3.18. The van der Waals surface area contributed by atoms with Crippen LogP contribution in [0.2, 0.25) is 0 Å². The number of ether oxygens (including phenoxy) is 1. The van der Waals surface area contributed by atoms with Gasteiger partial charge in [-0.15, -0.1) is 0 Å². The van der Waals surface area contributed by atoms with Crippen molar-refractivity contribution in [3.8, 4) is 0 Å². The number of fused-ring (bicyclic) bond motifs is 2. The van der Waals surface area contributed by atoms with Crippen molar-refractivity contribution in [1.29, 1.82) is 0 Å². The molecule has 2 aromatic rings. The van der Waals surface area contributed by atoms with E-state index in [1.54, 1.807) is 36.1 Å². The van der Waals surface area contributed by atoms with E-state index in [9.17, 15) is 14.4 Å². The Morgan fingerprint density at radius 3 is 2.55 bits per heavy atom. The van der Waals surface area contributed by atoms with Crippen LogP contribution >= 0.6 is 0 Å². The van der Waals surface area contributed by atoms with Gasteiger partial charge in [-0.1, -0.05) is 12.1 Å². The van der Waals surface area contributed by atoms with Gasteiger partial charge in [0.15, 0.2) is 0 Å². The van der Waals surface area contributed by atoms with Crippen LogP contribution in [0.15, 0.2) is 42.5 Å². The number of hydrogen-bond acceptors (Lipinski definition) is 5. The van der Waals surface area contributed by atoms with E-state index < -0.39 is 0 Å². The maximum Gasteiger partial charge on any atom is 0.309 e. The maximum absolute atomic E-state index is 13.0. The van der Waals surface area contributed by atoms with Crippen molar-refractivity contribution in [1.82, 2.24) is 4.90 Å². The zero-order valence-corrected chi connectivity index (χ0v) is 16.2. The van der Waals surface area contributed by atoms with Gasteiger partial charge in [-0.05, 0) is 50.1 Å². The molecular formula is C22H23N3O4. The lowest BCUT2D eigenvalue weighted by molar-refractivity contribution is -0.149. The highest BCUT2D eigenvalue weighted by molar-refractivity contribution is 6.12. The highest BCUT2D eigenvalue weighted by atomic mass is 16.5. The van der Waals surface area contributed by atoms with E-state index in [0.29, 0.717) is 49.4 Å². The third-order valence-electron chi connectivity index (χ3n) is 5.36. The SMILES string of the molecule is CCOC(=O)C1CCN(C(=O)c2ccc3c(c2)NC(=O)c2ccccc2N3)CC1. The summed E-state index contributed by atoms with van der Waals surface area (Å²) < 4.78 is 5.08. The molecule has 0 radical (unpaired) electrons. The van der Waals surface area contributed by atoms with Gasteiger partial charge in [0.1, 0.15) is 0 Å². The largest absolute Gasteiger partial charge is 0.466 e. The van der Waals surface area contributed by atoms with Crippen molar-refractivity contribution in [3.05, 3.63) is 53.6 Å². The summed E-state index contributed by atoms with van der Waals surface area (Å²) in [5, 5.41) is 6.13. The first-order chi connectivity index (χ1) is 14.1. The quantitative estimate of drug-likeness (QED) is 0.781. The topological polar surface area (TPSA) is 87.7 Å². The number of piperidine rings is 1. The van der Waals surface area contributed by atoms with Gasteiger partial charge in [-0.2, -0.15) is 0 Å². The zero-order chi connectivity index (χ0) is 20.4. The highest BCUT2D eigenvalue weighted by Crippen LogP contribution is 2.33. The molecule has 4 rings (SSSR count). The second-order valence-corrected chi connectivity index (χ2v) is 7.20. The zero-order valence-electron chi connectivity index (χ0n) is 16.2. The number of rotatable bonds is 3. The van der Waals surface area contributed by atoms with Gasteiger partial charge in [0.05, 0.1) is 35.2 Å². The molecule has 0 aliphatic carbocycles. The van der Waals surface area contributed by atoms with Crippen molar-refractivity contribution in [2.75, 3.05) is 30.3 Å². The average Bonchev–Trinajstić information content (AvgIpc) is 2.89. The third-order valence-corrected chi connectivity index (χ3v) is 5.36. The van der Waals surface area contributed by atoms with E-state index in [1.165, 1.54) is 0 Å². The van der Waals surface area contributed by atoms with E-state index in [4.69, 9.17) is 4.74 Å². The highest BCUT2D eigenvalue weighted by Gasteiger charge is 2.29. The molecule has 2 N–H and O–H groups in total. The number of para-hydroxylation sites is 1. The Hall–Kier alpha value is -3.35. The predicted octanol–water partition coefficient (Wildman–Crippen LogP) is 3.41. The summed E-state index contributed by atoms with van der Waals surface area (Å²) in [4.78, 5) is 39.1. The summed E-state index contributed by atoms with van der Waals surface area (Å²) in [5.41, 5.74) is 3.09. The van der Waals surface area contributed by atoms with Gasteiger partial charge >= 0.3 is 5.97 Å². The molecule has 1 saturated heterocycles. The number of carbonyl (C=O) groups excluding carboxylic acids is 3.